The Hall–Kier alpha value is -5.37. The maximum atomic E-state index is 9.26. The molecule has 0 fully saturated rings. The molecule has 6 rings (SSSR count). The summed E-state index contributed by atoms with van der Waals surface area (Å²) in [4.78, 5) is 7.85. The van der Waals surface area contributed by atoms with Gasteiger partial charge in [-0.2, -0.15) is 10.5 Å². The molecule has 4 nitrogen and oxygen atoms in total. The van der Waals surface area contributed by atoms with Gasteiger partial charge in [0.1, 0.15) is 18.0 Å². The van der Waals surface area contributed by atoms with Crippen LogP contribution in [-0.4, -0.2) is 9.97 Å². The Morgan fingerprint density at radius 3 is 1.94 bits per heavy atom. The summed E-state index contributed by atoms with van der Waals surface area (Å²) in [6, 6.07) is 34.2. The maximum Gasteiger partial charge on any atom is 0.138 e. The third-order valence-electron chi connectivity index (χ3n) is 6.12. The zero-order chi connectivity index (χ0) is 23.8. The number of fused-ring (bicyclic) bond motifs is 3. The van der Waals surface area contributed by atoms with Crippen LogP contribution in [0.5, 0.6) is 0 Å². The smallest absolute Gasteiger partial charge is 0.138 e. The summed E-state index contributed by atoms with van der Waals surface area (Å²) in [7, 11) is 0. The highest BCUT2D eigenvalue weighted by Crippen LogP contribution is 2.28. The minimum absolute atomic E-state index is 0.324. The molecule has 0 spiro atoms. The van der Waals surface area contributed by atoms with Crippen molar-refractivity contribution in [3.63, 3.8) is 0 Å². The lowest BCUT2D eigenvalue weighted by molar-refractivity contribution is 1.33. The predicted molar refractivity (Wildman–Crippen MR) is 138 cm³/mol. The first-order valence-corrected chi connectivity index (χ1v) is 11.1. The molecule has 35 heavy (non-hydrogen) atoms. The van der Waals surface area contributed by atoms with Crippen LogP contribution in [0.2, 0.25) is 0 Å². The van der Waals surface area contributed by atoms with Crippen LogP contribution in [-0.2, 0) is 0 Å². The van der Waals surface area contributed by atoms with Crippen molar-refractivity contribution < 1.29 is 0 Å². The number of benzene rings is 5. The molecule has 0 unspecified atom stereocenters. The first-order chi connectivity index (χ1) is 17.2. The van der Waals surface area contributed by atoms with Gasteiger partial charge in [0, 0.05) is 16.7 Å². The van der Waals surface area contributed by atoms with Crippen molar-refractivity contribution in [2.45, 2.75) is 0 Å². The van der Waals surface area contributed by atoms with Crippen molar-refractivity contribution in [1.29, 1.82) is 10.5 Å². The lowest BCUT2D eigenvalue weighted by Gasteiger charge is -2.06. The molecule has 1 aromatic heterocycles. The summed E-state index contributed by atoms with van der Waals surface area (Å²) >= 11 is 0. The van der Waals surface area contributed by atoms with E-state index in [1.807, 2.05) is 48.5 Å². The molecule has 0 saturated carbocycles. The Morgan fingerprint density at radius 1 is 0.657 bits per heavy atom. The number of hydrogen-bond donors (Lipinski definition) is 1. The van der Waals surface area contributed by atoms with E-state index < -0.39 is 0 Å². The molecule has 1 N–H and O–H groups in total. The molecule has 1 heterocycles. The van der Waals surface area contributed by atoms with Gasteiger partial charge in [0.05, 0.1) is 22.2 Å². The lowest BCUT2D eigenvalue weighted by Crippen LogP contribution is -1.85. The van der Waals surface area contributed by atoms with Gasteiger partial charge in [-0.25, -0.2) is 4.98 Å². The van der Waals surface area contributed by atoms with Crippen LogP contribution >= 0.6 is 0 Å². The van der Waals surface area contributed by atoms with Gasteiger partial charge in [0.15, 0.2) is 0 Å². The van der Waals surface area contributed by atoms with Gasteiger partial charge in [0.25, 0.3) is 0 Å². The van der Waals surface area contributed by atoms with Crippen LogP contribution in [0.4, 0.5) is 0 Å². The fourth-order valence-corrected chi connectivity index (χ4v) is 4.37. The SMILES string of the molecule is N#Cc1cc2nc(-c3ccc(C#Cc4c5ccccc5cc5ccccc45)cc3)[nH]c2cc1C#N. The van der Waals surface area contributed by atoms with Gasteiger partial charge in [0.2, 0.25) is 0 Å². The summed E-state index contributed by atoms with van der Waals surface area (Å²) in [5.41, 5.74) is 4.87. The highest BCUT2D eigenvalue weighted by atomic mass is 14.9. The van der Waals surface area contributed by atoms with Gasteiger partial charge < -0.3 is 4.98 Å². The van der Waals surface area contributed by atoms with Crippen LogP contribution in [0, 0.1) is 34.5 Å². The molecule has 0 atom stereocenters. The van der Waals surface area contributed by atoms with Crippen LogP contribution in [0.3, 0.4) is 0 Å². The Kier molecular flexibility index (Phi) is 4.74. The highest BCUT2D eigenvalue weighted by Gasteiger charge is 2.10. The molecule has 160 valence electrons. The first kappa shape index (κ1) is 20.3. The number of hydrogen-bond acceptors (Lipinski definition) is 3. The number of H-pyrrole nitrogens is 1. The number of rotatable bonds is 1. The Bertz CT molecular complexity index is 1810. The van der Waals surface area contributed by atoms with Gasteiger partial charge in [-0.3, -0.25) is 0 Å². The molecular weight excluding hydrogens is 428 g/mol. The van der Waals surface area contributed by atoms with E-state index in [4.69, 9.17) is 0 Å². The summed E-state index contributed by atoms with van der Waals surface area (Å²) < 4.78 is 0. The van der Waals surface area contributed by atoms with Crippen molar-refractivity contribution in [2.24, 2.45) is 0 Å². The van der Waals surface area contributed by atoms with E-state index in [0.717, 1.165) is 33.0 Å². The van der Waals surface area contributed by atoms with Crippen molar-refractivity contribution in [1.82, 2.24) is 9.97 Å². The fraction of sp³-hybridized carbons (Fsp3) is 0. The maximum absolute atomic E-state index is 9.26. The number of aromatic nitrogens is 2. The van der Waals surface area contributed by atoms with E-state index in [2.05, 4.69) is 64.3 Å². The number of aromatic amines is 1. The number of nitrogens with one attached hydrogen (secondary N) is 1. The molecular formula is C31H16N4. The van der Waals surface area contributed by atoms with E-state index in [1.165, 1.54) is 10.8 Å². The molecule has 6 aromatic rings. The molecule has 0 aliphatic rings. The Labute approximate surface area is 201 Å². The molecule has 0 saturated heterocycles. The molecule has 0 bridgehead atoms. The van der Waals surface area contributed by atoms with E-state index >= 15 is 0 Å². The zero-order valence-electron chi connectivity index (χ0n) is 18.5. The van der Waals surface area contributed by atoms with E-state index in [9.17, 15) is 10.5 Å². The summed E-state index contributed by atoms with van der Waals surface area (Å²) in [6.45, 7) is 0. The van der Waals surface area contributed by atoms with Gasteiger partial charge in [-0.05, 0) is 51.9 Å². The number of nitrogens with zero attached hydrogens (tertiary/aromatic N) is 3. The zero-order valence-corrected chi connectivity index (χ0v) is 18.5. The largest absolute Gasteiger partial charge is 0.338 e. The molecule has 5 aromatic carbocycles. The second-order valence-electron chi connectivity index (χ2n) is 8.25. The summed E-state index contributed by atoms with van der Waals surface area (Å²) in [5, 5.41) is 23.2. The third-order valence-corrected chi connectivity index (χ3v) is 6.12. The van der Waals surface area contributed by atoms with Crippen molar-refractivity contribution in [3.05, 3.63) is 113 Å². The quantitative estimate of drug-likeness (QED) is 0.227. The molecule has 0 aliphatic heterocycles. The fourth-order valence-electron chi connectivity index (χ4n) is 4.37. The van der Waals surface area contributed by atoms with E-state index in [0.29, 0.717) is 22.5 Å². The number of nitriles is 2. The Morgan fingerprint density at radius 2 is 1.29 bits per heavy atom. The molecule has 4 heteroatoms. The van der Waals surface area contributed by atoms with E-state index in [-0.39, 0.29) is 0 Å². The van der Waals surface area contributed by atoms with Crippen molar-refractivity contribution >= 4 is 32.6 Å². The van der Waals surface area contributed by atoms with Crippen LogP contribution < -0.4 is 0 Å². The predicted octanol–water partition coefficient (Wildman–Crippen LogP) is 6.68. The first-order valence-electron chi connectivity index (χ1n) is 11.1. The normalized spacial score (nSPS) is 10.6. The van der Waals surface area contributed by atoms with E-state index in [1.54, 1.807) is 12.1 Å². The minimum atomic E-state index is 0.324. The van der Waals surface area contributed by atoms with Crippen molar-refractivity contribution in [2.75, 3.05) is 0 Å². The molecule has 0 amide bonds. The minimum Gasteiger partial charge on any atom is -0.338 e. The number of imidazole rings is 1. The summed E-state index contributed by atoms with van der Waals surface area (Å²) in [6.07, 6.45) is 0. The molecule has 0 radical (unpaired) electrons. The van der Waals surface area contributed by atoms with Gasteiger partial charge >= 0.3 is 0 Å². The average Bonchev–Trinajstić information content (AvgIpc) is 3.33. The Balaban J connectivity index is 1.38. The van der Waals surface area contributed by atoms with Gasteiger partial charge in [-0.1, -0.05) is 72.5 Å². The monoisotopic (exact) mass is 444 g/mol. The van der Waals surface area contributed by atoms with Crippen LogP contribution in [0.25, 0.3) is 44.0 Å². The van der Waals surface area contributed by atoms with Crippen LogP contribution in [0.15, 0.2) is 91.0 Å². The van der Waals surface area contributed by atoms with Crippen LogP contribution in [0.1, 0.15) is 22.3 Å². The van der Waals surface area contributed by atoms with Crippen molar-refractivity contribution in [3.8, 4) is 35.4 Å². The second kappa shape index (κ2) is 8.20. The average molecular weight is 444 g/mol. The van der Waals surface area contributed by atoms with Gasteiger partial charge in [-0.15, -0.1) is 0 Å². The topological polar surface area (TPSA) is 76.3 Å². The lowest BCUT2D eigenvalue weighted by atomic mass is 9.97. The molecule has 0 aliphatic carbocycles. The third kappa shape index (κ3) is 3.55. The second-order valence-corrected chi connectivity index (χ2v) is 8.25. The highest BCUT2D eigenvalue weighted by molar-refractivity contribution is 6.04. The standard InChI is InChI=1S/C31H16N4/c32-18-24-16-29-30(17-25(24)19-33)35-31(34-29)21-12-9-20(10-13-21)11-14-28-26-7-3-1-5-22(26)15-23-6-2-4-8-27(23)28/h1-10,12-13,15-17H,(H,34,35). The summed E-state index contributed by atoms with van der Waals surface area (Å²) in [5.74, 6) is 7.43.